The maximum absolute atomic E-state index is 10.7. The van der Waals surface area contributed by atoms with Gasteiger partial charge in [0, 0.05) is 128 Å². The molecule has 0 aromatic rings. The average molecular weight is 1090 g/mol. The molecule has 32 nitrogen and oxygen atoms in total. The van der Waals surface area contributed by atoms with Gasteiger partial charge < -0.3 is 0 Å². The van der Waals surface area contributed by atoms with E-state index in [1.54, 1.807) is 0 Å². The molecule has 0 aliphatic rings. The summed E-state index contributed by atoms with van der Waals surface area (Å²) in [5.41, 5.74) is 0. The van der Waals surface area contributed by atoms with Crippen molar-refractivity contribution >= 4 is 46.9 Å². The van der Waals surface area contributed by atoms with E-state index >= 15 is 0 Å². The van der Waals surface area contributed by atoms with Crippen LogP contribution in [-0.4, -0.2) is 128 Å². The molecule has 0 rings (SSSR count). The molecule has 369 valence electrons. The van der Waals surface area contributed by atoms with Crippen LogP contribution in [0.15, 0.2) is 0 Å². The smallest absolute Gasteiger partial charge is 0.290 e. The standard InChI is InChI=1S/6C3H9O4P.2ClHO4.Mn/c6*1-5-8(4,6-2)7-3;2*2-1(3,4)5;/h6*1-3H3;2*(H,2,3,4,5);/q;;;;;;;;+2/p-2. The van der Waals surface area contributed by atoms with E-state index in [2.05, 4.69) is 81.4 Å². The minimum atomic E-state index is -4.94. The number of rotatable bonds is 18. The van der Waals surface area contributed by atoms with E-state index in [1.807, 2.05) is 0 Å². The second-order valence-electron chi connectivity index (χ2n) is 6.73. The van der Waals surface area contributed by atoms with Gasteiger partial charge in [0.15, 0.2) is 0 Å². The maximum Gasteiger partial charge on any atom is 2.00 e. The van der Waals surface area contributed by atoms with Crippen molar-refractivity contribution < 1.29 is 184 Å². The van der Waals surface area contributed by atoms with Gasteiger partial charge in [0.05, 0.1) is 0 Å². The van der Waals surface area contributed by atoms with Crippen molar-refractivity contribution in [1.29, 1.82) is 0 Å². The monoisotopic (exact) mass is 1090 g/mol. The van der Waals surface area contributed by atoms with Crippen LogP contribution in [0.25, 0.3) is 0 Å². The molecule has 0 atom stereocenters. The molecule has 1 radical (unpaired) electrons. The first-order chi connectivity index (χ1) is 26.1. The van der Waals surface area contributed by atoms with Crippen LogP contribution in [0.5, 0.6) is 0 Å². The minimum absolute atomic E-state index is 0. The van der Waals surface area contributed by atoms with Crippen molar-refractivity contribution in [2.75, 3.05) is 128 Å². The summed E-state index contributed by atoms with van der Waals surface area (Å²) < 4.78 is 210. The van der Waals surface area contributed by atoms with E-state index in [-0.39, 0.29) is 17.1 Å². The first kappa shape index (κ1) is 80.7. The molecular weight excluding hydrogens is 1040 g/mol. The third-order valence-corrected chi connectivity index (χ3v) is 12.1. The summed E-state index contributed by atoms with van der Waals surface area (Å²) in [6, 6.07) is 0. The van der Waals surface area contributed by atoms with Gasteiger partial charge in [-0.1, -0.05) is 0 Å². The van der Waals surface area contributed by atoms with E-state index in [4.69, 9.17) is 37.3 Å². The predicted octanol–water partition coefficient (Wildman–Crippen LogP) is -3.31. The summed E-state index contributed by atoms with van der Waals surface area (Å²) in [6.07, 6.45) is 0. The van der Waals surface area contributed by atoms with Crippen molar-refractivity contribution in [3.63, 3.8) is 0 Å². The summed E-state index contributed by atoms with van der Waals surface area (Å²) in [7, 11) is -6.22. The van der Waals surface area contributed by atoms with Gasteiger partial charge in [0.25, 0.3) is 0 Å². The molecule has 59 heavy (non-hydrogen) atoms. The van der Waals surface area contributed by atoms with E-state index in [0.29, 0.717) is 0 Å². The van der Waals surface area contributed by atoms with Gasteiger partial charge in [-0.3, -0.25) is 81.4 Å². The van der Waals surface area contributed by atoms with Crippen LogP contribution in [0.2, 0.25) is 0 Å². The zero-order valence-corrected chi connectivity index (χ0v) is 42.9. The molecule has 0 unspecified atom stereocenters. The van der Waals surface area contributed by atoms with Crippen LogP contribution in [0, 0.1) is 20.5 Å². The summed E-state index contributed by atoms with van der Waals surface area (Å²) in [5.74, 6) is 0. The van der Waals surface area contributed by atoms with Crippen LogP contribution in [0.4, 0.5) is 0 Å². The van der Waals surface area contributed by atoms with Crippen molar-refractivity contribution in [3.8, 4) is 0 Å². The minimum Gasteiger partial charge on any atom is -0.290 e. The summed E-state index contributed by atoms with van der Waals surface area (Å²) in [6.45, 7) is 0. The Balaban J connectivity index is -0.0000000694. The van der Waals surface area contributed by atoms with Gasteiger partial charge in [-0.2, -0.15) is 0 Å². The SMILES string of the molecule is COP(=O)(OC)OC.COP(=O)(OC)OC.COP(=O)(OC)OC.COP(=O)(OC)OC.COP(=O)(OC)OC.COP(=O)(OC)OC.[Mn+2].[O-][Cl+3]([O-])([O-])[O-].[O-][Cl+3]([O-])([O-])[O-]. The normalized spacial score (nSPS) is 11.7. The molecule has 0 heterocycles. The van der Waals surface area contributed by atoms with Gasteiger partial charge in [-0.25, -0.2) is 64.7 Å². The molecule has 0 aliphatic carbocycles. The number of hydrogen-bond donors (Lipinski definition) is 0. The molecule has 0 bridgehead atoms. The largest absolute Gasteiger partial charge is 2.00 e. The number of phosphoric acid groups is 6. The Labute approximate surface area is 357 Å². The molecule has 41 heteroatoms. The quantitative estimate of drug-likeness (QED) is 0.0957. The van der Waals surface area contributed by atoms with Gasteiger partial charge in [0.2, 0.25) is 0 Å². The van der Waals surface area contributed by atoms with Crippen molar-refractivity contribution in [1.82, 2.24) is 0 Å². The molecule has 0 spiro atoms. The first-order valence-corrected chi connectivity index (χ1v) is 24.2. The van der Waals surface area contributed by atoms with Gasteiger partial charge in [-0.05, 0) is 0 Å². The van der Waals surface area contributed by atoms with Crippen molar-refractivity contribution in [2.45, 2.75) is 0 Å². The Hall–Kier alpha value is 1.44. The zero-order valence-electron chi connectivity index (χ0n) is 34.9. The van der Waals surface area contributed by atoms with E-state index in [0.717, 1.165) is 0 Å². The molecule has 0 aromatic heterocycles. The number of phosphoric ester groups is 6. The number of hydrogen-bond acceptors (Lipinski definition) is 32. The van der Waals surface area contributed by atoms with Crippen molar-refractivity contribution in [3.05, 3.63) is 0 Å². The fourth-order valence-corrected chi connectivity index (χ4v) is 4.02. The van der Waals surface area contributed by atoms with Gasteiger partial charge in [-0.15, -0.1) is 20.5 Å². The van der Waals surface area contributed by atoms with Crippen LogP contribution in [-0.2, 0) is 126 Å². The Kier molecular flexibility index (Phi) is 61.0. The molecule has 0 fully saturated rings. The van der Waals surface area contributed by atoms with Crippen LogP contribution in [0.3, 0.4) is 0 Å². The number of halogens is 2. The molecule has 0 amide bonds. The second kappa shape index (κ2) is 44.6. The Morgan fingerprint density at radius 2 is 0.254 bits per heavy atom. The Morgan fingerprint density at radius 1 is 0.220 bits per heavy atom. The van der Waals surface area contributed by atoms with Crippen molar-refractivity contribution in [2.24, 2.45) is 0 Å². The summed E-state index contributed by atoms with van der Waals surface area (Å²) >= 11 is 0. The fourth-order valence-electron chi connectivity index (χ4n) is 1.34. The Morgan fingerprint density at radius 3 is 0.254 bits per heavy atom. The van der Waals surface area contributed by atoms with Crippen LogP contribution < -0.4 is 37.3 Å². The van der Waals surface area contributed by atoms with E-state index in [9.17, 15) is 27.4 Å². The average Bonchev–Trinajstić information content (AvgIpc) is 3.21. The zero-order chi connectivity index (χ0) is 48.7. The van der Waals surface area contributed by atoms with E-state index in [1.165, 1.54) is 128 Å². The molecular formula is C18H54Cl2MnO32P6. The summed E-state index contributed by atoms with van der Waals surface area (Å²) in [5, 5.41) is 0. The first-order valence-electron chi connectivity index (χ1n) is 13.0. The van der Waals surface area contributed by atoms with Gasteiger partial charge in [0.1, 0.15) is 0 Å². The van der Waals surface area contributed by atoms with E-state index < -0.39 is 67.4 Å². The second-order valence-corrected chi connectivity index (χ2v) is 20.2. The maximum atomic E-state index is 10.7. The fraction of sp³-hybridized carbons (Fsp3) is 1.00. The molecule has 0 aromatic carbocycles. The topological polar surface area (TPSA) is 453 Å². The predicted molar refractivity (Wildman–Crippen MR) is 172 cm³/mol. The summed E-state index contributed by atoms with van der Waals surface area (Å²) in [4.78, 5) is 0. The van der Waals surface area contributed by atoms with Crippen LogP contribution in [0.1, 0.15) is 0 Å². The third kappa shape index (κ3) is 63.8. The third-order valence-electron chi connectivity index (χ3n) is 4.02. The van der Waals surface area contributed by atoms with Gasteiger partial charge >= 0.3 is 64.0 Å². The molecule has 0 saturated heterocycles. The van der Waals surface area contributed by atoms with Crippen LogP contribution >= 0.6 is 46.9 Å². The molecule has 0 N–H and O–H groups in total. The molecule has 0 aliphatic heterocycles. The Bertz CT molecular complexity index is 868. The molecule has 0 saturated carbocycles.